The highest BCUT2D eigenvalue weighted by molar-refractivity contribution is 5.85. The fourth-order valence-electron chi connectivity index (χ4n) is 3.31. The smallest absolute Gasteiger partial charge is 0.376 e. The monoisotopic (exact) mass is 354 g/mol. The van der Waals surface area contributed by atoms with Gasteiger partial charge in [0, 0.05) is 18.0 Å². The first kappa shape index (κ1) is 20.1. The molecule has 1 aliphatic rings. The maximum atomic E-state index is 11.7. The summed E-state index contributed by atoms with van der Waals surface area (Å²) in [5.74, 6) is -0.366. The number of ether oxygens (including phenoxy) is 1. The van der Waals surface area contributed by atoms with Crippen molar-refractivity contribution in [1.29, 1.82) is 0 Å². The quantitative estimate of drug-likeness (QED) is 0.498. The van der Waals surface area contributed by atoms with Gasteiger partial charge >= 0.3 is 5.97 Å². The van der Waals surface area contributed by atoms with Crippen LogP contribution >= 0.6 is 0 Å². The number of carbonyl (C=O) groups is 1. The molecule has 0 saturated carbocycles. The molecule has 0 radical (unpaired) electrons. The van der Waals surface area contributed by atoms with Gasteiger partial charge in [0.25, 0.3) is 0 Å². The van der Waals surface area contributed by atoms with E-state index >= 15 is 0 Å². The largest absolute Gasteiger partial charge is 0.460 e. The number of nitrogens with zero attached hydrogens (tertiary/aromatic N) is 2. The zero-order valence-electron chi connectivity index (χ0n) is 16.6. The van der Waals surface area contributed by atoms with Crippen molar-refractivity contribution in [2.45, 2.75) is 60.3 Å². The summed E-state index contributed by atoms with van der Waals surface area (Å²) >= 11 is 0. The molecule has 0 N–H and O–H groups in total. The molecule has 1 aromatic heterocycles. The summed E-state index contributed by atoms with van der Waals surface area (Å²) < 4.78 is 5.04. The zero-order valence-corrected chi connectivity index (χ0v) is 16.6. The molecule has 140 valence electrons. The molecular formula is C22H30N2O2. The molecule has 0 atom stereocenters. The van der Waals surface area contributed by atoms with Crippen LogP contribution in [0.4, 0.5) is 0 Å². The highest BCUT2D eigenvalue weighted by Crippen LogP contribution is 2.40. The Morgan fingerprint density at radius 2 is 2.00 bits per heavy atom. The Bertz CT molecular complexity index is 725. The Morgan fingerprint density at radius 1 is 1.31 bits per heavy atom. The van der Waals surface area contributed by atoms with Crippen LogP contribution in [0.1, 0.15) is 76.5 Å². The summed E-state index contributed by atoms with van der Waals surface area (Å²) in [5, 5.41) is 0. The highest BCUT2D eigenvalue weighted by Gasteiger charge is 2.26. The minimum absolute atomic E-state index is 0.105. The third kappa shape index (κ3) is 5.38. The average Bonchev–Trinajstić information content (AvgIpc) is 2.59. The SMILES string of the molecule is CCCOC(=O)c1ncc(C=C(C)C=CC2=C(C)CCCC2(C)C)cn1. The Kier molecular flexibility index (Phi) is 6.90. The van der Waals surface area contributed by atoms with Crippen LogP contribution in [-0.2, 0) is 4.74 Å². The van der Waals surface area contributed by atoms with Crippen molar-refractivity contribution in [2.75, 3.05) is 6.61 Å². The van der Waals surface area contributed by atoms with E-state index in [4.69, 9.17) is 4.74 Å². The number of esters is 1. The first-order valence-corrected chi connectivity index (χ1v) is 9.39. The van der Waals surface area contributed by atoms with E-state index in [1.807, 2.05) is 13.0 Å². The van der Waals surface area contributed by atoms with Crippen molar-refractivity contribution in [3.05, 3.63) is 52.7 Å². The minimum atomic E-state index is -0.471. The van der Waals surface area contributed by atoms with Crippen molar-refractivity contribution in [3.8, 4) is 0 Å². The van der Waals surface area contributed by atoms with E-state index < -0.39 is 5.97 Å². The summed E-state index contributed by atoms with van der Waals surface area (Å²) in [6.07, 6.45) is 14.2. The predicted octanol–water partition coefficient (Wildman–Crippen LogP) is 5.53. The van der Waals surface area contributed by atoms with Gasteiger partial charge in [-0.05, 0) is 56.6 Å². The highest BCUT2D eigenvalue weighted by atomic mass is 16.5. The van der Waals surface area contributed by atoms with Crippen molar-refractivity contribution in [3.63, 3.8) is 0 Å². The number of hydrogen-bond donors (Lipinski definition) is 0. The van der Waals surface area contributed by atoms with Gasteiger partial charge in [-0.25, -0.2) is 14.8 Å². The maximum Gasteiger partial charge on any atom is 0.376 e. The molecule has 0 spiro atoms. The van der Waals surface area contributed by atoms with Gasteiger partial charge in [0.15, 0.2) is 0 Å². The Labute approximate surface area is 157 Å². The number of carbonyl (C=O) groups excluding carboxylic acids is 1. The van der Waals surface area contributed by atoms with Crippen LogP contribution in [0.5, 0.6) is 0 Å². The van der Waals surface area contributed by atoms with E-state index in [2.05, 4.69) is 49.8 Å². The topological polar surface area (TPSA) is 52.1 Å². The molecule has 0 aliphatic heterocycles. The summed E-state index contributed by atoms with van der Waals surface area (Å²) in [4.78, 5) is 19.9. The predicted molar refractivity (Wildman–Crippen MR) is 106 cm³/mol. The minimum Gasteiger partial charge on any atom is -0.460 e. The molecular weight excluding hydrogens is 324 g/mol. The molecule has 1 heterocycles. The lowest BCUT2D eigenvalue weighted by atomic mass is 9.72. The molecule has 0 amide bonds. The Hall–Kier alpha value is -2.23. The van der Waals surface area contributed by atoms with E-state index in [0.29, 0.717) is 6.61 Å². The van der Waals surface area contributed by atoms with Gasteiger partial charge in [0.1, 0.15) is 0 Å². The first-order chi connectivity index (χ1) is 12.3. The van der Waals surface area contributed by atoms with Crippen LogP contribution in [0.2, 0.25) is 0 Å². The number of rotatable bonds is 6. The van der Waals surface area contributed by atoms with Gasteiger partial charge in [-0.2, -0.15) is 0 Å². The Morgan fingerprint density at radius 3 is 2.62 bits per heavy atom. The maximum absolute atomic E-state index is 11.7. The van der Waals surface area contributed by atoms with Crippen LogP contribution in [0.3, 0.4) is 0 Å². The lowest BCUT2D eigenvalue weighted by Gasteiger charge is -2.32. The van der Waals surface area contributed by atoms with Gasteiger partial charge in [-0.3, -0.25) is 0 Å². The zero-order chi connectivity index (χ0) is 19.2. The molecule has 0 bridgehead atoms. The van der Waals surface area contributed by atoms with E-state index in [1.54, 1.807) is 12.4 Å². The molecule has 0 saturated heterocycles. The summed E-state index contributed by atoms with van der Waals surface area (Å²) in [5.41, 5.74) is 5.16. The number of aromatic nitrogens is 2. The average molecular weight is 354 g/mol. The second-order valence-electron chi connectivity index (χ2n) is 7.63. The second-order valence-corrected chi connectivity index (χ2v) is 7.63. The molecule has 0 aromatic carbocycles. The van der Waals surface area contributed by atoms with E-state index in [0.717, 1.165) is 17.6 Å². The molecule has 0 unspecified atom stereocenters. The van der Waals surface area contributed by atoms with Gasteiger partial charge in [-0.1, -0.05) is 44.1 Å². The molecule has 1 aromatic rings. The first-order valence-electron chi connectivity index (χ1n) is 9.39. The van der Waals surface area contributed by atoms with Gasteiger partial charge in [-0.15, -0.1) is 0 Å². The van der Waals surface area contributed by atoms with Crippen LogP contribution in [0.25, 0.3) is 6.08 Å². The summed E-state index contributed by atoms with van der Waals surface area (Å²) in [6, 6.07) is 0. The Balaban J connectivity index is 2.08. The third-order valence-corrected chi connectivity index (χ3v) is 4.74. The van der Waals surface area contributed by atoms with Crippen molar-refractivity contribution < 1.29 is 9.53 Å². The summed E-state index contributed by atoms with van der Waals surface area (Å²) in [7, 11) is 0. The number of allylic oxidation sites excluding steroid dienone is 5. The van der Waals surface area contributed by atoms with Crippen molar-refractivity contribution in [1.82, 2.24) is 9.97 Å². The molecule has 4 heteroatoms. The standard InChI is InChI=1S/C22H30N2O2/c1-6-12-26-21(25)20-23-14-18(15-24-20)13-16(2)9-10-19-17(3)8-7-11-22(19,4)5/h9-10,13-15H,6-8,11-12H2,1-5H3. The van der Waals surface area contributed by atoms with Crippen LogP contribution in [0.15, 0.2) is 41.3 Å². The molecule has 2 rings (SSSR count). The van der Waals surface area contributed by atoms with E-state index in [-0.39, 0.29) is 11.2 Å². The molecule has 0 fully saturated rings. The molecule has 1 aliphatic carbocycles. The molecule has 4 nitrogen and oxygen atoms in total. The van der Waals surface area contributed by atoms with Crippen LogP contribution in [0, 0.1) is 5.41 Å². The third-order valence-electron chi connectivity index (χ3n) is 4.74. The number of hydrogen-bond acceptors (Lipinski definition) is 4. The van der Waals surface area contributed by atoms with E-state index in [1.165, 1.54) is 30.4 Å². The van der Waals surface area contributed by atoms with Crippen LogP contribution < -0.4 is 0 Å². The van der Waals surface area contributed by atoms with Crippen molar-refractivity contribution in [2.24, 2.45) is 5.41 Å². The lowest BCUT2D eigenvalue weighted by molar-refractivity contribution is 0.0490. The fraction of sp³-hybridized carbons (Fsp3) is 0.500. The normalized spacial score (nSPS) is 17.7. The lowest BCUT2D eigenvalue weighted by Crippen LogP contribution is -2.19. The van der Waals surface area contributed by atoms with Gasteiger partial charge in [0.2, 0.25) is 5.82 Å². The van der Waals surface area contributed by atoms with E-state index in [9.17, 15) is 4.79 Å². The van der Waals surface area contributed by atoms with Gasteiger partial charge < -0.3 is 4.74 Å². The van der Waals surface area contributed by atoms with Gasteiger partial charge in [0.05, 0.1) is 6.61 Å². The van der Waals surface area contributed by atoms with Crippen molar-refractivity contribution >= 4 is 12.0 Å². The fourth-order valence-corrected chi connectivity index (χ4v) is 3.31. The second kappa shape index (κ2) is 8.93. The summed E-state index contributed by atoms with van der Waals surface area (Å²) in [6.45, 7) is 11.3. The van der Waals surface area contributed by atoms with Crippen LogP contribution in [-0.4, -0.2) is 22.5 Å². The molecule has 26 heavy (non-hydrogen) atoms.